The van der Waals surface area contributed by atoms with Crippen LogP contribution in [0.15, 0.2) is 18.2 Å². The van der Waals surface area contributed by atoms with Crippen LogP contribution in [-0.2, 0) is 0 Å². The van der Waals surface area contributed by atoms with Crippen molar-refractivity contribution in [3.63, 3.8) is 0 Å². The van der Waals surface area contributed by atoms with Crippen molar-refractivity contribution in [3.05, 3.63) is 32.9 Å². The van der Waals surface area contributed by atoms with Crippen LogP contribution in [0, 0.1) is 16.4 Å². The molecule has 1 aliphatic carbocycles. The summed E-state index contributed by atoms with van der Waals surface area (Å²) in [7, 11) is 0. The minimum absolute atomic E-state index is 0.0900. The van der Waals surface area contributed by atoms with E-state index >= 15 is 0 Å². The lowest BCUT2D eigenvalue weighted by atomic mass is 10.1. The van der Waals surface area contributed by atoms with Crippen molar-refractivity contribution in [1.82, 2.24) is 5.32 Å². The van der Waals surface area contributed by atoms with Crippen LogP contribution in [0.25, 0.3) is 0 Å². The quantitative estimate of drug-likeness (QED) is 0.629. The Kier molecular flexibility index (Phi) is 4.21. The normalized spacial score (nSPS) is 16.1. The summed E-state index contributed by atoms with van der Waals surface area (Å²) in [5.41, 5.74) is 7.48. The maximum absolute atomic E-state index is 12.2. The summed E-state index contributed by atoms with van der Waals surface area (Å²) in [5.74, 6) is 0.335. The first-order chi connectivity index (χ1) is 8.50. The van der Waals surface area contributed by atoms with Crippen LogP contribution in [0.3, 0.4) is 0 Å². The Morgan fingerprint density at radius 2 is 2.22 bits per heavy atom. The van der Waals surface area contributed by atoms with E-state index in [2.05, 4.69) is 27.9 Å². The number of benzene rings is 1. The van der Waals surface area contributed by atoms with E-state index in [1.165, 1.54) is 0 Å². The SMILES string of the molecule is Cc1cccc(C(=O)NC(C(N)=S)C2CC2)c1I. The Balaban J connectivity index is 2.16. The number of hydrogen-bond acceptors (Lipinski definition) is 2. The summed E-state index contributed by atoms with van der Waals surface area (Å²) in [6.45, 7) is 1.99. The standard InChI is InChI=1S/C13H15IN2OS/c1-7-3-2-4-9(10(7)14)13(17)16-11(12(15)18)8-5-6-8/h2-4,8,11H,5-6H2,1H3,(H2,15,18)(H,16,17). The van der Waals surface area contributed by atoms with Gasteiger partial charge in [0.15, 0.2) is 0 Å². The number of thiocarbonyl (C=S) groups is 1. The molecule has 3 N–H and O–H groups in total. The summed E-state index contributed by atoms with van der Waals surface area (Å²) in [6, 6.07) is 5.54. The number of carbonyl (C=O) groups is 1. The van der Waals surface area contributed by atoms with Crippen molar-refractivity contribution >= 4 is 45.7 Å². The van der Waals surface area contributed by atoms with Crippen LogP contribution in [0.4, 0.5) is 0 Å². The number of amides is 1. The van der Waals surface area contributed by atoms with Gasteiger partial charge < -0.3 is 11.1 Å². The number of halogens is 1. The zero-order valence-corrected chi connectivity index (χ0v) is 13.0. The fourth-order valence-corrected chi connectivity index (χ4v) is 2.75. The third-order valence-corrected chi connectivity index (χ3v) is 4.81. The molecule has 1 unspecified atom stereocenters. The average molecular weight is 374 g/mol. The lowest BCUT2D eigenvalue weighted by molar-refractivity contribution is 0.0943. The molecule has 0 heterocycles. The van der Waals surface area contributed by atoms with Gasteiger partial charge in [0.1, 0.15) is 0 Å². The molecular weight excluding hydrogens is 359 g/mol. The third-order valence-electron chi connectivity index (χ3n) is 3.12. The van der Waals surface area contributed by atoms with Gasteiger partial charge in [0.2, 0.25) is 0 Å². The second kappa shape index (κ2) is 5.52. The van der Waals surface area contributed by atoms with Gasteiger partial charge in [-0.2, -0.15) is 0 Å². The highest BCUT2D eigenvalue weighted by atomic mass is 127. The molecule has 18 heavy (non-hydrogen) atoms. The molecule has 1 saturated carbocycles. The molecule has 0 aromatic heterocycles. The highest BCUT2D eigenvalue weighted by Crippen LogP contribution is 2.33. The summed E-state index contributed by atoms with van der Waals surface area (Å²) >= 11 is 7.21. The maximum atomic E-state index is 12.2. The Labute approximate surface area is 126 Å². The minimum atomic E-state index is -0.163. The largest absolute Gasteiger partial charge is 0.392 e. The van der Waals surface area contributed by atoms with Crippen LogP contribution < -0.4 is 11.1 Å². The molecule has 96 valence electrons. The summed E-state index contributed by atoms with van der Waals surface area (Å²) in [5, 5.41) is 2.95. The van der Waals surface area contributed by atoms with Gasteiger partial charge in [-0.3, -0.25) is 4.79 Å². The van der Waals surface area contributed by atoms with Gasteiger partial charge in [-0.15, -0.1) is 0 Å². The predicted molar refractivity (Wildman–Crippen MR) is 84.7 cm³/mol. The first kappa shape index (κ1) is 13.7. The number of aryl methyl sites for hydroxylation is 1. The number of rotatable bonds is 4. The van der Waals surface area contributed by atoms with E-state index < -0.39 is 0 Å². The van der Waals surface area contributed by atoms with Gasteiger partial charge in [0.05, 0.1) is 16.6 Å². The molecule has 3 nitrogen and oxygen atoms in total. The van der Waals surface area contributed by atoms with Crippen LogP contribution >= 0.6 is 34.8 Å². The Morgan fingerprint density at radius 1 is 1.56 bits per heavy atom. The summed E-state index contributed by atoms with van der Waals surface area (Å²) in [6.07, 6.45) is 2.18. The molecule has 0 aliphatic heterocycles. The highest BCUT2D eigenvalue weighted by molar-refractivity contribution is 14.1. The number of nitrogens with two attached hydrogens (primary N) is 1. The van der Waals surface area contributed by atoms with Crippen molar-refractivity contribution in [1.29, 1.82) is 0 Å². The Hall–Kier alpha value is -0.690. The zero-order chi connectivity index (χ0) is 13.3. The van der Waals surface area contributed by atoms with Gasteiger partial charge >= 0.3 is 0 Å². The van der Waals surface area contributed by atoms with E-state index in [1.54, 1.807) is 0 Å². The van der Waals surface area contributed by atoms with E-state index in [0.717, 1.165) is 22.0 Å². The van der Waals surface area contributed by atoms with Crippen LogP contribution in [-0.4, -0.2) is 16.9 Å². The van der Waals surface area contributed by atoms with E-state index in [1.807, 2.05) is 25.1 Å². The molecule has 0 radical (unpaired) electrons. The predicted octanol–water partition coefficient (Wildman–Crippen LogP) is 2.39. The molecule has 1 aromatic rings. The molecule has 2 rings (SSSR count). The Morgan fingerprint density at radius 3 is 2.78 bits per heavy atom. The number of carbonyl (C=O) groups excluding carboxylic acids is 1. The zero-order valence-electron chi connectivity index (χ0n) is 10.1. The van der Waals surface area contributed by atoms with Gasteiger partial charge in [0.25, 0.3) is 5.91 Å². The van der Waals surface area contributed by atoms with Gasteiger partial charge in [-0.1, -0.05) is 24.4 Å². The van der Waals surface area contributed by atoms with Crippen molar-refractivity contribution in [2.24, 2.45) is 11.7 Å². The lowest BCUT2D eigenvalue weighted by Gasteiger charge is -2.17. The van der Waals surface area contributed by atoms with E-state index in [0.29, 0.717) is 16.5 Å². The van der Waals surface area contributed by atoms with E-state index in [-0.39, 0.29) is 11.9 Å². The van der Waals surface area contributed by atoms with Crippen LogP contribution in [0.5, 0.6) is 0 Å². The first-order valence-corrected chi connectivity index (χ1v) is 7.34. The van der Waals surface area contributed by atoms with Crippen molar-refractivity contribution in [2.45, 2.75) is 25.8 Å². The molecular formula is C13H15IN2OS. The second-order valence-corrected chi connectivity index (χ2v) is 6.18. The van der Waals surface area contributed by atoms with Crippen molar-refractivity contribution in [2.75, 3.05) is 0 Å². The van der Waals surface area contributed by atoms with Gasteiger partial charge in [-0.05, 0) is 59.9 Å². The average Bonchev–Trinajstić information content (AvgIpc) is 3.13. The summed E-state index contributed by atoms with van der Waals surface area (Å²) < 4.78 is 0.977. The monoisotopic (exact) mass is 374 g/mol. The molecule has 1 aliphatic rings. The smallest absolute Gasteiger partial charge is 0.252 e. The maximum Gasteiger partial charge on any atom is 0.252 e. The molecule has 0 saturated heterocycles. The number of nitrogens with one attached hydrogen (secondary N) is 1. The fraction of sp³-hybridized carbons (Fsp3) is 0.385. The van der Waals surface area contributed by atoms with Crippen LogP contribution in [0.1, 0.15) is 28.8 Å². The third kappa shape index (κ3) is 3.00. The lowest BCUT2D eigenvalue weighted by Crippen LogP contribution is -2.45. The van der Waals surface area contributed by atoms with Gasteiger partial charge in [0, 0.05) is 3.57 Å². The van der Waals surface area contributed by atoms with Crippen LogP contribution in [0.2, 0.25) is 0 Å². The first-order valence-electron chi connectivity index (χ1n) is 5.86. The van der Waals surface area contributed by atoms with Crippen molar-refractivity contribution < 1.29 is 4.79 Å². The molecule has 0 spiro atoms. The molecule has 0 bridgehead atoms. The van der Waals surface area contributed by atoms with E-state index in [4.69, 9.17) is 18.0 Å². The molecule has 1 fully saturated rings. The van der Waals surface area contributed by atoms with Gasteiger partial charge in [-0.25, -0.2) is 0 Å². The highest BCUT2D eigenvalue weighted by Gasteiger charge is 2.34. The molecule has 1 amide bonds. The second-order valence-electron chi connectivity index (χ2n) is 4.63. The van der Waals surface area contributed by atoms with Crippen molar-refractivity contribution in [3.8, 4) is 0 Å². The number of hydrogen-bond donors (Lipinski definition) is 2. The van der Waals surface area contributed by atoms with E-state index in [9.17, 15) is 4.79 Å². The fourth-order valence-electron chi connectivity index (χ4n) is 1.89. The molecule has 1 aromatic carbocycles. The molecule has 1 atom stereocenters. The topological polar surface area (TPSA) is 55.1 Å². The summed E-state index contributed by atoms with van der Waals surface area (Å²) in [4.78, 5) is 12.6. The Bertz CT molecular complexity index is 500. The minimum Gasteiger partial charge on any atom is -0.392 e. The molecule has 5 heteroatoms.